The molecule has 1 aromatic rings. The number of sulfonamides is 1. The van der Waals surface area contributed by atoms with E-state index in [9.17, 15) is 8.42 Å². The van der Waals surface area contributed by atoms with Crippen molar-refractivity contribution in [2.75, 3.05) is 13.6 Å². The zero-order valence-electron chi connectivity index (χ0n) is 12.6. The van der Waals surface area contributed by atoms with Crippen LogP contribution in [0.5, 0.6) is 0 Å². The van der Waals surface area contributed by atoms with Gasteiger partial charge in [-0.05, 0) is 43.0 Å². The molecule has 0 aliphatic heterocycles. The maximum Gasteiger partial charge on any atom is 0.242 e. The van der Waals surface area contributed by atoms with E-state index < -0.39 is 10.0 Å². The van der Waals surface area contributed by atoms with E-state index in [0.29, 0.717) is 29.0 Å². The van der Waals surface area contributed by atoms with E-state index in [0.717, 1.165) is 18.4 Å². The van der Waals surface area contributed by atoms with Crippen molar-refractivity contribution in [2.24, 2.45) is 0 Å². The van der Waals surface area contributed by atoms with E-state index in [4.69, 9.17) is 11.6 Å². The van der Waals surface area contributed by atoms with Gasteiger partial charge in [-0.25, -0.2) is 12.7 Å². The van der Waals surface area contributed by atoms with Gasteiger partial charge in [0.15, 0.2) is 0 Å². The number of nitrogens with one attached hydrogen (secondary N) is 1. The maximum absolute atomic E-state index is 12.5. The molecule has 1 aliphatic carbocycles. The van der Waals surface area contributed by atoms with E-state index in [2.05, 4.69) is 5.32 Å². The van der Waals surface area contributed by atoms with Crippen LogP contribution in [0.4, 0.5) is 0 Å². The van der Waals surface area contributed by atoms with Gasteiger partial charge in [-0.2, -0.15) is 0 Å². The van der Waals surface area contributed by atoms with Crippen molar-refractivity contribution in [2.45, 2.75) is 50.1 Å². The number of nitrogens with zero attached hydrogens (tertiary/aromatic N) is 1. The van der Waals surface area contributed by atoms with Gasteiger partial charge in [0.2, 0.25) is 10.0 Å². The molecule has 6 heteroatoms. The molecule has 0 radical (unpaired) electrons. The van der Waals surface area contributed by atoms with Crippen molar-refractivity contribution in [3.63, 3.8) is 0 Å². The van der Waals surface area contributed by atoms with Crippen molar-refractivity contribution in [1.82, 2.24) is 9.62 Å². The number of hydrogen-bond donors (Lipinski definition) is 1. The second-order valence-electron chi connectivity index (χ2n) is 5.59. The molecule has 0 bridgehead atoms. The van der Waals surface area contributed by atoms with Crippen LogP contribution >= 0.6 is 11.6 Å². The summed E-state index contributed by atoms with van der Waals surface area (Å²) in [5, 5.41) is 3.97. The Labute approximate surface area is 132 Å². The highest BCUT2D eigenvalue weighted by Crippen LogP contribution is 2.25. The highest BCUT2D eigenvalue weighted by molar-refractivity contribution is 7.89. The summed E-state index contributed by atoms with van der Waals surface area (Å²) in [6.45, 7) is 3.20. The zero-order chi connectivity index (χ0) is 15.5. The Kier molecular flexibility index (Phi) is 5.66. The lowest BCUT2D eigenvalue weighted by atomic mass is 10.2. The highest BCUT2D eigenvalue weighted by atomic mass is 35.5. The Morgan fingerprint density at radius 1 is 1.38 bits per heavy atom. The largest absolute Gasteiger partial charge is 0.310 e. The van der Waals surface area contributed by atoms with Crippen molar-refractivity contribution in [3.8, 4) is 0 Å². The van der Waals surface area contributed by atoms with Crippen molar-refractivity contribution >= 4 is 21.6 Å². The van der Waals surface area contributed by atoms with Gasteiger partial charge in [0.25, 0.3) is 0 Å². The van der Waals surface area contributed by atoms with Crippen LogP contribution in [0.2, 0.25) is 5.02 Å². The van der Waals surface area contributed by atoms with Crippen LogP contribution in [0.1, 0.15) is 38.2 Å². The first-order chi connectivity index (χ1) is 9.95. The van der Waals surface area contributed by atoms with E-state index >= 15 is 0 Å². The van der Waals surface area contributed by atoms with Crippen LogP contribution in [0, 0.1) is 0 Å². The SMILES string of the molecule is CCCCN(C)S(=O)(=O)c1ccc(Cl)c(CNC2CC2)c1. The number of rotatable bonds is 8. The average Bonchev–Trinajstić information content (AvgIpc) is 3.27. The molecular weight excluding hydrogens is 308 g/mol. The molecule has 1 N–H and O–H groups in total. The lowest BCUT2D eigenvalue weighted by molar-refractivity contribution is 0.459. The van der Waals surface area contributed by atoms with Gasteiger partial charge in [-0.3, -0.25) is 0 Å². The summed E-state index contributed by atoms with van der Waals surface area (Å²) in [5.41, 5.74) is 0.841. The van der Waals surface area contributed by atoms with Crippen LogP contribution in [-0.2, 0) is 16.6 Å². The van der Waals surface area contributed by atoms with Crippen molar-refractivity contribution in [1.29, 1.82) is 0 Å². The van der Waals surface area contributed by atoms with Gasteiger partial charge < -0.3 is 5.32 Å². The quantitative estimate of drug-likeness (QED) is 0.797. The first kappa shape index (κ1) is 16.7. The third-order valence-electron chi connectivity index (χ3n) is 3.71. The molecule has 0 amide bonds. The van der Waals surface area contributed by atoms with E-state index in [1.54, 1.807) is 25.2 Å². The topological polar surface area (TPSA) is 49.4 Å². The molecule has 1 aliphatic rings. The molecule has 2 rings (SSSR count). The Hall–Kier alpha value is -0.620. The second-order valence-corrected chi connectivity index (χ2v) is 8.04. The predicted molar refractivity (Wildman–Crippen MR) is 86.0 cm³/mol. The van der Waals surface area contributed by atoms with Crippen LogP contribution in [0.25, 0.3) is 0 Å². The molecule has 0 aromatic heterocycles. The maximum atomic E-state index is 12.5. The van der Waals surface area contributed by atoms with E-state index in [-0.39, 0.29) is 0 Å². The Balaban J connectivity index is 2.15. The molecule has 0 spiro atoms. The molecule has 1 saturated carbocycles. The Bertz CT molecular complexity index is 585. The van der Waals surface area contributed by atoms with Crippen LogP contribution in [0.3, 0.4) is 0 Å². The summed E-state index contributed by atoms with van der Waals surface area (Å²) in [6.07, 6.45) is 4.21. The van der Waals surface area contributed by atoms with E-state index in [1.165, 1.54) is 17.1 Å². The summed E-state index contributed by atoms with van der Waals surface area (Å²) in [4.78, 5) is 0.318. The Morgan fingerprint density at radius 2 is 2.10 bits per heavy atom. The molecule has 1 fully saturated rings. The van der Waals surface area contributed by atoms with Crippen molar-refractivity contribution < 1.29 is 8.42 Å². The molecule has 0 unspecified atom stereocenters. The van der Waals surface area contributed by atoms with Crippen molar-refractivity contribution in [3.05, 3.63) is 28.8 Å². The van der Waals surface area contributed by atoms with Gasteiger partial charge in [0.1, 0.15) is 0 Å². The Morgan fingerprint density at radius 3 is 2.71 bits per heavy atom. The summed E-state index contributed by atoms with van der Waals surface area (Å²) in [5.74, 6) is 0. The molecule has 4 nitrogen and oxygen atoms in total. The van der Waals surface area contributed by atoms with Crippen LogP contribution in [0.15, 0.2) is 23.1 Å². The van der Waals surface area contributed by atoms with Gasteiger partial charge in [-0.15, -0.1) is 0 Å². The summed E-state index contributed by atoms with van der Waals surface area (Å²) >= 11 is 6.16. The third-order valence-corrected chi connectivity index (χ3v) is 5.93. The predicted octanol–water partition coefficient (Wildman–Crippen LogP) is 3.01. The average molecular weight is 331 g/mol. The molecule has 0 atom stereocenters. The number of benzene rings is 1. The fraction of sp³-hybridized carbons (Fsp3) is 0.600. The normalized spacial score (nSPS) is 15.6. The van der Waals surface area contributed by atoms with E-state index in [1.807, 2.05) is 6.92 Å². The lowest BCUT2D eigenvalue weighted by Crippen LogP contribution is -2.28. The molecule has 0 heterocycles. The zero-order valence-corrected chi connectivity index (χ0v) is 14.2. The monoisotopic (exact) mass is 330 g/mol. The molecule has 21 heavy (non-hydrogen) atoms. The first-order valence-corrected chi connectivity index (χ1v) is 9.25. The smallest absolute Gasteiger partial charge is 0.242 e. The fourth-order valence-electron chi connectivity index (χ4n) is 2.07. The second kappa shape index (κ2) is 7.09. The standard InChI is InChI=1S/C15H23ClN2O2S/c1-3-4-9-18(2)21(19,20)14-7-8-15(16)12(10-14)11-17-13-5-6-13/h7-8,10,13,17H,3-6,9,11H2,1-2H3. The van der Waals surface area contributed by atoms with Gasteiger partial charge in [-0.1, -0.05) is 24.9 Å². The lowest BCUT2D eigenvalue weighted by Gasteiger charge is -2.17. The van der Waals surface area contributed by atoms with Gasteiger partial charge in [0.05, 0.1) is 4.90 Å². The molecule has 0 saturated heterocycles. The summed E-state index contributed by atoms with van der Waals surface area (Å²) in [7, 11) is -1.80. The minimum Gasteiger partial charge on any atom is -0.310 e. The number of unbranched alkanes of at least 4 members (excludes halogenated alkanes) is 1. The molecular formula is C15H23ClN2O2S. The number of hydrogen-bond acceptors (Lipinski definition) is 3. The first-order valence-electron chi connectivity index (χ1n) is 7.43. The summed E-state index contributed by atoms with van der Waals surface area (Å²) in [6, 6.07) is 5.51. The van der Waals surface area contributed by atoms with Gasteiger partial charge >= 0.3 is 0 Å². The van der Waals surface area contributed by atoms with Crippen LogP contribution < -0.4 is 5.32 Å². The minimum atomic E-state index is -3.43. The highest BCUT2D eigenvalue weighted by Gasteiger charge is 2.23. The fourth-order valence-corrected chi connectivity index (χ4v) is 3.51. The van der Waals surface area contributed by atoms with Crippen LogP contribution in [-0.4, -0.2) is 32.4 Å². The summed E-state index contributed by atoms with van der Waals surface area (Å²) < 4.78 is 26.4. The van der Waals surface area contributed by atoms with Gasteiger partial charge in [0, 0.05) is 31.2 Å². The molecule has 118 valence electrons. The third kappa shape index (κ3) is 4.42. The minimum absolute atomic E-state index is 0.318. The molecule has 1 aromatic carbocycles. The number of halogens is 1.